The smallest absolute Gasteiger partial charge is 0.305 e. The van der Waals surface area contributed by atoms with Gasteiger partial charge in [-0.3, -0.25) is 4.79 Å². The van der Waals surface area contributed by atoms with E-state index in [9.17, 15) is 20.0 Å². The number of nitrogens with zero attached hydrogens (tertiary/aromatic N) is 1. The van der Waals surface area contributed by atoms with Gasteiger partial charge in [-0.2, -0.15) is 0 Å². The van der Waals surface area contributed by atoms with E-state index in [4.69, 9.17) is 9.47 Å². The molecular weight excluding hydrogens is 450 g/mol. The predicted molar refractivity (Wildman–Crippen MR) is 130 cm³/mol. The maximum Gasteiger partial charge on any atom is 0.305 e. The van der Waals surface area contributed by atoms with Crippen molar-refractivity contribution in [3.8, 4) is 17.6 Å². The highest BCUT2D eigenvalue weighted by Crippen LogP contribution is 2.51. The minimum atomic E-state index is -0.858. The summed E-state index contributed by atoms with van der Waals surface area (Å²) in [5.74, 6) is 7.24. The topological polar surface area (TPSA) is 108 Å². The molecule has 0 amide bonds. The number of allylic oxidation sites excluding steroid dienone is 1. The van der Waals surface area contributed by atoms with Crippen molar-refractivity contribution in [1.29, 1.82) is 0 Å². The summed E-state index contributed by atoms with van der Waals surface area (Å²) < 4.78 is 11.5. The first-order valence-corrected chi connectivity index (χ1v) is 12.4. The summed E-state index contributed by atoms with van der Waals surface area (Å²) in [6, 6.07) is 6.23. The van der Waals surface area contributed by atoms with E-state index in [0.29, 0.717) is 25.2 Å². The highest BCUT2D eigenvalue weighted by molar-refractivity contribution is 5.69. The Morgan fingerprint density at radius 2 is 2.17 bits per heavy atom. The molecule has 1 N–H and O–H groups in total. The van der Waals surface area contributed by atoms with Crippen LogP contribution in [0.25, 0.3) is 0 Å². The third kappa shape index (κ3) is 7.46. The number of carbonyl (C=O) groups excluding carboxylic acids is 1. The molecular formula is C27H35NO7. The first-order valence-electron chi connectivity index (χ1n) is 12.4. The van der Waals surface area contributed by atoms with Crippen molar-refractivity contribution in [2.24, 2.45) is 11.8 Å². The minimum Gasteiger partial charge on any atom is -0.489 e. The summed E-state index contributed by atoms with van der Waals surface area (Å²) in [6.45, 7) is 3.84. The molecule has 0 spiro atoms. The number of benzene rings is 1. The standard InChI is InChI=1S/C27H35NO7/c1-3-4-8-19(2)23(29)15-13-20-14-16-24-26(20)22-11-5-9-21(27(22)35-24)10-6-12-25(30)33-17-7-18-34-28(31)32/h5,9,11,13,15,19-20,23-24,26,29H,6-8,10,12,14,16-18H2,1-2H3/b15-13+/t19?,20-,23?,24?,26?/m1/s1. The Balaban J connectivity index is 1.51. The van der Waals surface area contributed by atoms with Crippen molar-refractivity contribution in [1.82, 2.24) is 0 Å². The van der Waals surface area contributed by atoms with Crippen LogP contribution in [0.4, 0.5) is 0 Å². The zero-order valence-corrected chi connectivity index (χ0v) is 20.5. The highest BCUT2D eigenvalue weighted by atomic mass is 16.9. The van der Waals surface area contributed by atoms with Crippen LogP contribution in [0.1, 0.15) is 69.4 Å². The number of hydrogen-bond donors (Lipinski definition) is 1. The molecule has 1 fully saturated rings. The van der Waals surface area contributed by atoms with Gasteiger partial charge in [-0.1, -0.05) is 37.3 Å². The molecule has 1 aliphatic heterocycles. The lowest BCUT2D eigenvalue weighted by molar-refractivity contribution is -0.757. The maximum absolute atomic E-state index is 11.9. The molecule has 35 heavy (non-hydrogen) atoms. The van der Waals surface area contributed by atoms with Crippen molar-refractivity contribution >= 4 is 5.97 Å². The van der Waals surface area contributed by atoms with Gasteiger partial charge in [0.05, 0.1) is 19.3 Å². The van der Waals surface area contributed by atoms with Gasteiger partial charge < -0.3 is 19.4 Å². The van der Waals surface area contributed by atoms with Gasteiger partial charge in [0.2, 0.25) is 0 Å². The average Bonchev–Trinajstić information content (AvgIpc) is 3.40. The summed E-state index contributed by atoms with van der Waals surface area (Å²) in [7, 11) is 0. The molecule has 0 saturated heterocycles. The molecule has 0 bridgehead atoms. The Hall–Kier alpha value is -3.05. The molecule has 3 rings (SSSR count). The second-order valence-corrected chi connectivity index (χ2v) is 9.23. The number of hydrogen-bond acceptors (Lipinski definition) is 7. The Morgan fingerprint density at radius 3 is 2.94 bits per heavy atom. The average molecular weight is 486 g/mol. The van der Waals surface area contributed by atoms with Gasteiger partial charge in [0.15, 0.2) is 0 Å². The SMILES string of the molecule is CC#CCC(C)C(O)/C=C/[C@@H]1CCC2Oc3c(CCCC(=O)OCCCO[N+](=O)[O-])cccc3C21. The van der Waals surface area contributed by atoms with Crippen LogP contribution in [-0.2, 0) is 20.8 Å². The van der Waals surface area contributed by atoms with E-state index in [1.807, 2.05) is 32.1 Å². The Morgan fingerprint density at radius 1 is 1.34 bits per heavy atom. The number of esters is 1. The number of carbonyl (C=O) groups is 1. The van der Waals surface area contributed by atoms with Gasteiger partial charge in [-0.25, -0.2) is 0 Å². The van der Waals surface area contributed by atoms with E-state index in [2.05, 4.69) is 28.8 Å². The first-order chi connectivity index (χ1) is 16.9. The third-order valence-electron chi connectivity index (χ3n) is 6.72. The lowest BCUT2D eigenvalue weighted by Gasteiger charge is -2.17. The fourth-order valence-electron chi connectivity index (χ4n) is 4.84. The Bertz CT molecular complexity index is 964. The van der Waals surface area contributed by atoms with Gasteiger partial charge >= 0.3 is 5.97 Å². The van der Waals surface area contributed by atoms with Crippen molar-refractivity contribution in [3.05, 3.63) is 51.6 Å². The number of aliphatic hydroxyl groups excluding tert-OH is 1. The molecule has 1 aromatic carbocycles. The third-order valence-corrected chi connectivity index (χ3v) is 6.72. The zero-order valence-electron chi connectivity index (χ0n) is 20.5. The summed E-state index contributed by atoms with van der Waals surface area (Å²) >= 11 is 0. The monoisotopic (exact) mass is 485 g/mol. The van der Waals surface area contributed by atoms with Gasteiger partial charge in [-0.15, -0.1) is 22.0 Å². The van der Waals surface area contributed by atoms with Gasteiger partial charge in [-0.05, 0) is 50.0 Å². The molecule has 4 unspecified atom stereocenters. The number of rotatable bonds is 13. The molecule has 2 aliphatic rings. The van der Waals surface area contributed by atoms with Crippen LogP contribution in [0.2, 0.25) is 0 Å². The number of aliphatic hydroxyl groups is 1. The zero-order chi connectivity index (χ0) is 25.2. The minimum absolute atomic E-state index is 0.0855. The van der Waals surface area contributed by atoms with Crippen molar-refractivity contribution in [3.63, 3.8) is 0 Å². The molecule has 1 saturated carbocycles. The van der Waals surface area contributed by atoms with E-state index in [1.54, 1.807) is 0 Å². The lowest BCUT2D eigenvalue weighted by atomic mass is 9.86. The van der Waals surface area contributed by atoms with Crippen molar-refractivity contribution in [2.75, 3.05) is 13.2 Å². The van der Waals surface area contributed by atoms with Crippen LogP contribution in [-0.4, -0.2) is 41.6 Å². The molecule has 1 aliphatic carbocycles. The first kappa shape index (κ1) is 26.6. The quantitative estimate of drug-likeness (QED) is 0.110. The summed E-state index contributed by atoms with van der Waals surface area (Å²) in [5.41, 5.74) is 2.31. The summed E-state index contributed by atoms with van der Waals surface area (Å²) in [6.07, 6.45) is 8.30. The van der Waals surface area contributed by atoms with E-state index < -0.39 is 11.2 Å². The molecule has 1 aromatic rings. The maximum atomic E-state index is 11.9. The van der Waals surface area contributed by atoms with Crippen LogP contribution < -0.4 is 4.74 Å². The van der Waals surface area contributed by atoms with Crippen LogP contribution in [0.3, 0.4) is 0 Å². The van der Waals surface area contributed by atoms with E-state index in [1.165, 1.54) is 5.56 Å². The van der Waals surface area contributed by atoms with Gasteiger partial charge in [0.25, 0.3) is 5.09 Å². The van der Waals surface area contributed by atoms with Gasteiger partial charge in [0.1, 0.15) is 11.9 Å². The second kappa shape index (κ2) is 13.1. The molecule has 0 radical (unpaired) electrons. The van der Waals surface area contributed by atoms with E-state index >= 15 is 0 Å². The largest absolute Gasteiger partial charge is 0.489 e. The number of fused-ring (bicyclic) bond motifs is 3. The van der Waals surface area contributed by atoms with Gasteiger partial charge in [0, 0.05) is 30.7 Å². The summed E-state index contributed by atoms with van der Waals surface area (Å²) in [4.78, 5) is 26.2. The number of para-hydroxylation sites is 1. The van der Waals surface area contributed by atoms with Crippen molar-refractivity contribution < 1.29 is 29.3 Å². The number of aryl methyl sites for hydroxylation is 1. The normalized spacial score (nSPS) is 21.9. The molecule has 8 heteroatoms. The highest BCUT2D eigenvalue weighted by Gasteiger charge is 2.44. The van der Waals surface area contributed by atoms with Crippen LogP contribution >= 0.6 is 0 Å². The molecule has 5 atom stereocenters. The Labute approximate surface area is 206 Å². The second-order valence-electron chi connectivity index (χ2n) is 9.23. The fourth-order valence-corrected chi connectivity index (χ4v) is 4.84. The fraction of sp³-hybridized carbons (Fsp3) is 0.593. The van der Waals surface area contributed by atoms with E-state index in [0.717, 1.165) is 24.2 Å². The predicted octanol–water partition coefficient (Wildman–Crippen LogP) is 4.37. The summed E-state index contributed by atoms with van der Waals surface area (Å²) in [5, 5.41) is 19.7. The molecule has 8 nitrogen and oxygen atoms in total. The van der Waals surface area contributed by atoms with Crippen LogP contribution in [0.5, 0.6) is 5.75 Å². The van der Waals surface area contributed by atoms with Crippen LogP contribution in [0.15, 0.2) is 30.4 Å². The molecule has 1 heterocycles. The lowest BCUT2D eigenvalue weighted by Crippen LogP contribution is -2.17. The molecule has 190 valence electrons. The van der Waals surface area contributed by atoms with E-state index in [-0.39, 0.29) is 50.0 Å². The number of ether oxygens (including phenoxy) is 2. The molecule has 0 aromatic heterocycles. The van der Waals surface area contributed by atoms with Crippen LogP contribution in [0, 0.1) is 33.8 Å². The Kier molecular flexibility index (Phi) is 9.98. The van der Waals surface area contributed by atoms with Crippen molar-refractivity contribution in [2.45, 2.75) is 76.9 Å².